The molecule has 0 bridgehead atoms. The smallest absolute Gasteiger partial charge is 0.226 e. The molecule has 2 aromatic heterocycles. The van der Waals surface area contributed by atoms with Crippen molar-refractivity contribution in [1.29, 1.82) is 0 Å². The number of aromatic nitrogens is 2. The number of hydrogen-bond acceptors (Lipinski definition) is 7. The maximum Gasteiger partial charge on any atom is 0.226 e. The average Bonchev–Trinajstić information content (AvgIpc) is 3.30. The van der Waals surface area contributed by atoms with Gasteiger partial charge in [0, 0.05) is 29.2 Å². The zero-order valence-electron chi connectivity index (χ0n) is 18.0. The fraction of sp³-hybridized carbons (Fsp3) is 0.636. The van der Waals surface area contributed by atoms with Gasteiger partial charge >= 0.3 is 0 Å². The van der Waals surface area contributed by atoms with Gasteiger partial charge in [0.2, 0.25) is 5.96 Å². The van der Waals surface area contributed by atoms with E-state index in [9.17, 15) is 0 Å². The van der Waals surface area contributed by atoms with Gasteiger partial charge in [-0.3, -0.25) is 10.2 Å². The Balaban J connectivity index is 1.35. The van der Waals surface area contributed by atoms with Crippen molar-refractivity contribution in [3.63, 3.8) is 0 Å². The number of anilines is 1. The fourth-order valence-electron chi connectivity index (χ4n) is 4.76. The van der Waals surface area contributed by atoms with Gasteiger partial charge in [-0.25, -0.2) is 9.67 Å². The van der Waals surface area contributed by atoms with Gasteiger partial charge in [-0.2, -0.15) is 5.10 Å². The Morgan fingerprint density at radius 2 is 2.07 bits per heavy atom. The predicted molar refractivity (Wildman–Crippen MR) is 122 cm³/mol. The van der Waals surface area contributed by atoms with Crippen molar-refractivity contribution in [1.82, 2.24) is 20.0 Å². The third-order valence-electron chi connectivity index (χ3n) is 6.27. The number of nitrogens with zero attached hydrogens (tertiary/aromatic N) is 4. The van der Waals surface area contributed by atoms with Gasteiger partial charge in [-0.15, -0.1) is 11.3 Å². The quantitative estimate of drug-likeness (QED) is 0.717. The van der Waals surface area contributed by atoms with Crippen LogP contribution in [-0.4, -0.2) is 60.0 Å². The van der Waals surface area contributed by atoms with Crippen molar-refractivity contribution < 1.29 is 4.74 Å². The summed E-state index contributed by atoms with van der Waals surface area (Å²) < 4.78 is 7.40. The Bertz CT molecular complexity index is 926. The van der Waals surface area contributed by atoms with Crippen LogP contribution in [0.5, 0.6) is 0 Å². The van der Waals surface area contributed by atoms with E-state index in [1.807, 2.05) is 22.9 Å². The zero-order valence-corrected chi connectivity index (χ0v) is 18.9. The summed E-state index contributed by atoms with van der Waals surface area (Å²) >= 11 is 1.92. The Morgan fingerprint density at radius 1 is 1.23 bits per heavy atom. The van der Waals surface area contributed by atoms with Gasteiger partial charge in [0.05, 0.1) is 18.9 Å². The highest BCUT2D eigenvalue weighted by molar-refractivity contribution is 7.16. The van der Waals surface area contributed by atoms with Crippen molar-refractivity contribution in [2.24, 2.45) is 4.99 Å². The lowest BCUT2D eigenvalue weighted by Crippen LogP contribution is -2.38. The lowest BCUT2D eigenvalue weighted by Gasteiger charge is -2.28. The summed E-state index contributed by atoms with van der Waals surface area (Å²) in [6.07, 6.45) is 6.09. The molecule has 1 atom stereocenters. The first-order valence-electron chi connectivity index (χ1n) is 11.3. The molecule has 162 valence electrons. The van der Waals surface area contributed by atoms with Gasteiger partial charge in [-0.1, -0.05) is 0 Å². The van der Waals surface area contributed by atoms with Gasteiger partial charge in [0.25, 0.3) is 0 Å². The molecule has 1 unspecified atom stereocenters. The molecule has 8 heteroatoms. The van der Waals surface area contributed by atoms with Crippen LogP contribution in [0.1, 0.15) is 52.8 Å². The van der Waals surface area contributed by atoms with Gasteiger partial charge in [-0.05, 0) is 70.7 Å². The average molecular weight is 429 g/mol. The highest BCUT2D eigenvalue weighted by Crippen LogP contribution is 2.43. The van der Waals surface area contributed by atoms with Crippen LogP contribution in [-0.2, 0) is 17.6 Å². The molecule has 1 aliphatic carbocycles. The number of ether oxygens (including phenoxy) is 1. The Kier molecular flexibility index (Phi) is 5.91. The van der Waals surface area contributed by atoms with E-state index in [2.05, 4.69) is 33.6 Å². The van der Waals surface area contributed by atoms with E-state index in [4.69, 9.17) is 9.73 Å². The number of rotatable bonds is 5. The SMILES string of the molecule is Cc1cc(C)n(C2=NC(NCCCN3CCOCC3)c3c(sc4c3CCCC4)N2)n1. The highest BCUT2D eigenvalue weighted by Gasteiger charge is 2.31. The summed E-state index contributed by atoms with van der Waals surface area (Å²) in [7, 11) is 0. The molecular weight excluding hydrogens is 396 g/mol. The number of aryl methyl sites for hydroxylation is 3. The number of aliphatic imine (C=N–C) groups is 1. The molecule has 3 aliphatic rings. The molecule has 7 nitrogen and oxygen atoms in total. The second-order valence-electron chi connectivity index (χ2n) is 8.53. The second-order valence-corrected chi connectivity index (χ2v) is 9.64. The molecule has 5 rings (SSSR count). The summed E-state index contributed by atoms with van der Waals surface area (Å²) in [6.45, 7) is 10.0. The van der Waals surface area contributed by atoms with E-state index in [0.717, 1.165) is 63.2 Å². The van der Waals surface area contributed by atoms with Crippen LogP contribution in [0.3, 0.4) is 0 Å². The third-order valence-corrected chi connectivity index (χ3v) is 7.49. The number of nitrogens with one attached hydrogen (secondary N) is 2. The summed E-state index contributed by atoms with van der Waals surface area (Å²) in [5, 5.41) is 13.3. The van der Waals surface area contributed by atoms with Crippen LogP contribution >= 0.6 is 11.3 Å². The maximum atomic E-state index is 5.46. The summed E-state index contributed by atoms with van der Waals surface area (Å²) in [5.41, 5.74) is 5.04. The largest absolute Gasteiger partial charge is 0.379 e. The summed E-state index contributed by atoms with van der Waals surface area (Å²) in [4.78, 5) is 9.14. The van der Waals surface area contributed by atoms with Crippen LogP contribution < -0.4 is 10.6 Å². The van der Waals surface area contributed by atoms with Crippen LogP contribution in [0.15, 0.2) is 11.1 Å². The van der Waals surface area contributed by atoms with E-state index in [1.165, 1.54) is 41.8 Å². The first-order chi connectivity index (χ1) is 14.7. The molecule has 2 N–H and O–H groups in total. The van der Waals surface area contributed by atoms with Crippen LogP contribution in [0.25, 0.3) is 0 Å². The van der Waals surface area contributed by atoms with E-state index >= 15 is 0 Å². The minimum atomic E-state index is 0.00273. The molecule has 4 heterocycles. The van der Waals surface area contributed by atoms with Gasteiger partial charge in [0.1, 0.15) is 11.2 Å². The number of morpholine rings is 1. The van der Waals surface area contributed by atoms with E-state index in [1.54, 1.807) is 4.88 Å². The molecule has 0 saturated carbocycles. The minimum Gasteiger partial charge on any atom is -0.379 e. The molecule has 30 heavy (non-hydrogen) atoms. The molecule has 1 fully saturated rings. The van der Waals surface area contributed by atoms with Crippen molar-refractivity contribution in [3.8, 4) is 0 Å². The first-order valence-corrected chi connectivity index (χ1v) is 12.1. The highest BCUT2D eigenvalue weighted by atomic mass is 32.1. The zero-order chi connectivity index (χ0) is 20.5. The fourth-order valence-corrected chi connectivity index (χ4v) is 6.07. The number of thiophene rings is 1. The molecular formula is C22H32N6OS. The van der Waals surface area contributed by atoms with Gasteiger partial charge < -0.3 is 10.1 Å². The van der Waals surface area contributed by atoms with Gasteiger partial charge in [0.15, 0.2) is 0 Å². The predicted octanol–water partition coefficient (Wildman–Crippen LogP) is 3.08. The Labute approximate surface area is 182 Å². The monoisotopic (exact) mass is 428 g/mol. The third kappa shape index (κ3) is 4.06. The minimum absolute atomic E-state index is 0.00273. The molecule has 1 saturated heterocycles. The Hall–Kier alpha value is -1.74. The van der Waals surface area contributed by atoms with Crippen molar-refractivity contribution in [2.75, 3.05) is 44.7 Å². The lowest BCUT2D eigenvalue weighted by molar-refractivity contribution is 0.0374. The number of fused-ring (bicyclic) bond motifs is 3. The standard InChI is InChI=1S/C22H32N6OS/c1-15-14-16(2)28(26-15)22-24-20(23-8-5-9-27-10-12-29-13-11-27)19-17-6-3-4-7-18(17)30-21(19)25-22/h14,20,23H,3-13H2,1-2H3,(H,24,25). The summed E-state index contributed by atoms with van der Waals surface area (Å²) in [6, 6.07) is 2.10. The molecule has 0 spiro atoms. The van der Waals surface area contributed by atoms with E-state index in [0.29, 0.717) is 0 Å². The maximum absolute atomic E-state index is 5.46. The van der Waals surface area contributed by atoms with Crippen LogP contribution in [0, 0.1) is 13.8 Å². The Morgan fingerprint density at radius 3 is 2.87 bits per heavy atom. The van der Waals surface area contributed by atoms with E-state index < -0.39 is 0 Å². The first kappa shape index (κ1) is 20.2. The van der Waals surface area contributed by atoms with Crippen LogP contribution in [0.4, 0.5) is 5.00 Å². The van der Waals surface area contributed by atoms with Crippen molar-refractivity contribution in [2.45, 2.75) is 52.1 Å². The normalized spacial score (nSPS) is 21.7. The molecule has 0 radical (unpaired) electrons. The topological polar surface area (TPSA) is 66.7 Å². The van der Waals surface area contributed by atoms with Crippen LogP contribution in [0.2, 0.25) is 0 Å². The van der Waals surface area contributed by atoms with Crippen molar-refractivity contribution in [3.05, 3.63) is 33.5 Å². The second kappa shape index (κ2) is 8.78. The molecule has 0 amide bonds. The lowest BCUT2D eigenvalue weighted by atomic mass is 9.94. The van der Waals surface area contributed by atoms with Crippen molar-refractivity contribution >= 4 is 22.3 Å². The molecule has 0 aromatic carbocycles. The van der Waals surface area contributed by atoms with E-state index in [-0.39, 0.29) is 6.17 Å². The molecule has 2 aliphatic heterocycles. The number of hydrogen-bond donors (Lipinski definition) is 2. The molecule has 2 aromatic rings. The summed E-state index contributed by atoms with van der Waals surface area (Å²) in [5.74, 6) is 0.831.